The highest BCUT2D eigenvalue weighted by Gasteiger charge is 2.46. The first-order valence-corrected chi connectivity index (χ1v) is 7.38. The van der Waals surface area contributed by atoms with Crippen LogP contribution in [0.25, 0.3) is 11.1 Å². The lowest BCUT2D eigenvalue weighted by molar-refractivity contribution is -0.179. The van der Waals surface area contributed by atoms with E-state index in [1.165, 1.54) is 0 Å². The molecular formula is C14H18F3N5O. The second kappa shape index (κ2) is 5.55. The molecule has 1 aliphatic carbocycles. The summed E-state index contributed by atoms with van der Waals surface area (Å²) in [5.74, 6) is -0.911. The van der Waals surface area contributed by atoms with Gasteiger partial charge < -0.3 is 21.2 Å². The van der Waals surface area contributed by atoms with Crippen molar-refractivity contribution in [2.75, 3.05) is 24.6 Å². The normalized spacial score (nSPS) is 21.4. The molecule has 0 amide bonds. The van der Waals surface area contributed by atoms with Crippen molar-refractivity contribution in [3.05, 3.63) is 11.3 Å². The van der Waals surface area contributed by atoms with Crippen LogP contribution in [-0.4, -0.2) is 29.7 Å². The molecule has 2 aromatic heterocycles. The number of nitrogens with two attached hydrogens (primary N) is 2. The van der Waals surface area contributed by atoms with Gasteiger partial charge in [0.15, 0.2) is 11.4 Å². The van der Waals surface area contributed by atoms with Crippen LogP contribution in [-0.2, 0) is 6.42 Å². The fourth-order valence-corrected chi connectivity index (χ4v) is 3.23. The van der Waals surface area contributed by atoms with Crippen LogP contribution in [0.15, 0.2) is 4.42 Å². The van der Waals surface area contributed by atoms with Gasteiger partial charge >= 0.3 is 6.18 Å². The summed E-state index contributed by atoms with van der Waals surface area (Å²) in [7, 11) is 1.64. The van der Waals surface area contributed by atoms with Crippen molar-refractivity contribution >= 4 is 22.9 Å². The molecule has 1 aliphatic rings. The number of halogens is 3. The minimum absolute atomic E-state index is 0.00467. The zero-order chi connectivity index (χ0) is 16.8. The Kier molecular flexibility index (Phi) is 3.83. The first kappa shape index (κ1) is 15.9. The molecule has 2 aromatic rings. The minimum atomic E-state index is -4.27. The number of nitrogens with one attached hydrogen (secondary N) is 1. The van der Waals surface area contributed by atoms with Gasteiger partial charge in [0.05, 0.1) is 5.92 Å². The number of fused-ring (bicyclic) bond motifs is 3. The van der Waals surface area contributed by atoms with Crippen LogP contribution in [0.4, 0.5) is 24.9 Å². The number of nitrogens with zero attached hydrogens (tertiary/aromatic N) is 2. The third-order valence-electron chi connectivity index (χ3n) is 4.28. The predicted octanol–water partition coefficient (Wildman–Crippen LogP) is 2.40. The lowest BCUT2D eigenvalue weighted by atomic mass is 9.79. The highest BCUT2D eigenvalue weighted by molar-refractivity contribution is 5.88. The smallest absolute Gasteiger partial charge is 0.392 e. The van der Waals surface area contributed by atoms with Gasteiger partial charge in [-0.15, -0.1) is 0 Å². The number of anilines is 2. The number of hydrogen-bond donors (Lipinski definition) is 3. The fourth-order valence-electron chi connectivity index (χ4n) is 3.23. The van der Waals surface area contributed by atoms with Crippen molar-refractivity contribution in [2.45, 2.75) is 31.4 Å². The summed E-state index contributed by atoms with van der Waals surface area (Å²) in [4.78, 5) is 8.12. The summed E-state index contributed by atoms with van der Waals surface area (Å²) in [6, 6.07) is 0. The van der Waals surface area contributed by atoms with Gasteiger partial charge in [-0.3, -0.25) is 0 Å². The number of hydrogen-bond acceptors (Lipinski definition) is 6. The largest absolute Gasteiger partial charge is 0.455 e. The molecule has 2 atom stereocenters. The van der Waals surface area contributed by atoms with Crippen LogP contribution in [0.2, 0.25) is 0 Å². The van der Waals surface area contributed by atoms with Crippen molar-refractivity contribution in [2.24, 2.45) is 11.7 Å². The van der Waals surface area contributed by atoms with Crippen molar-refractivity contribution in [1.82, 2.24) is 9.97 Å². The van der Waals surface area contributed by atoms with E-state index < -0.39 is 12.1 Å². The number of rotatable bonds is 3. The van der Waals surface area contributed by atoms with Crippen LogP contribution in [0.1, 0.15) is 30.1 Å². The summed E-state index contributed by atoms with van der Waals surface area (Å²) in [5.41, 5.74) is 12.4. The van der Waals surface area contributed by atoms with Crippen molar-refractivity contribution in [3.63, 3.8) is 0 Å². The SMILES string of the molecule is CNc1nc(N)nc2c3c(oc12)C(CCN)CC(C(F)(F)F)C3. The Balaban J connectivity index is 2.18. The maximum atomic E-state index is 13.2. The van der Waals surface area contributed by atoms with E-state index in [1.807, 2.05) is 0 Å². The Labute approximate surface area is 130 Å². The van der Waals surface area contributed by atoms with Gasteiger partial charge in [0.2, 0.25) is 5.95 Å². The van der Waals surface area contributed by atoms with Gasteiger partial charge in [-0.25, -0.2) is 4.98 Å². The zero-order valence-corrected chi connectivity index (χ0v) is 12.6. The topological polar surface area (TPSA) is 103 Å². The third kappa shape index (κ3) is 2.69. The van der Waals surface area contributed by atoms with Crippen molar-refractivity contribution in [3.8, 4) is 0 Å². The summed E-state index contributed by atoms with van der Waals surface area (Å²) in [6.45, 7) is 0.290. The molecule has 6 nitrogen and oxygen atoms in total. The second-order valence-corrected chi connectivity index (χ2v) is 5.76. The molecular weight excluding hydrogens is 311 g/mol. The van der Waals surface area contributed by atoms with E-state index in [-0.39, 0.29) is 24.7 Å². The molecule has 23 heavy (non-hydrogen) atoms. The number of nitrogen functional groups attached to an aromatic ring is 1. The zero-order valence-electron chi connectivity index (χ0n) is 12.6. The first-order chi connectivity index (χ1) is 10.8. The standard InChI is InChI=1S/C14H18F3N5O/c1-20-12-11-9(21-13(19)22-12)8-5-7(14(15,16)17)4-6(2-3-18)10(8)23-11/h6-7H,2-5,18H2,1H3,(H3,19,20,21,22). The number of aromatic nitrogens is 2. The first-order valence-electron chi connectivity index (χ1n) is 7.38. The van der Waals surface area contributed by atoms with Gasteiger partial charge in [-0.2, -0.15) is 18.2 Å². The minimum Gasteiger partial charge on any atom is -0.455 e. The van der Waals surface area contributed by atoms with E-state index in [2.05, 4.69) is 15.3 Å². The molecule has 0 aromatic carbocycles. The van der Waals surface area contributed by atoms with E-state index in [0.717, 1.165) is 0 Å². The average Bonchev–Trinajstić information content (AvgIpc) is 2.85. The lowest BCUT2D eigenvalue weighted by Crippen LogP contribution is -2.31. The molecule has 0 radical (unpaired) electrons. The van der Waals surface area contributed by atoms with Crippen LogP contribution in [0.3, 0.4) is 0 Å². The second-order valence-electron chi connectivity index (χ2n) is 5.76. The average molecular weight is 329 g/mol. The molecule has 9 heteroatoms. The molecule has 126 valence electrons. The Bertz CT molecular complexity index is 727. The van der Waals surface area contributed by atoms with E-state index >= 15 is 0 Å². The number of furan rings is 1. The fraction of sp³-hybridized carbons (Fsp3) is 0.571. The predicted molar refractivity (Wildman–Crippen MR) is 80.0 cm³/mol. The summed E-state index contributed by atoms with van der Waals surface area (Å²) < 4.78 is 45.6. The van der Waals surface area contributed by atoms with Crippen LogP contribution in [0.5, 0.6) is 0 Å². The van der Waals surface area contributed by atoms with E-state index in [9.17, 15) is 13.2 Å². The van der Waals surface area contributed by atoms with Crippen molar-refractivity contribution in [1.29, 1.82) is 0 Å². The summed E-state index contributed by atoms with van der Waals surface area (Å²) in [6.07, 6.45) is -4.02. The Morgan fingerprint density at radius 1 is 1.35 bits per heavy atom. The van der Waals surface area contributed by atoms with Crippen molar-refractivity contribution < 1.29 is 17.6 Å². The third-order valence-corrected chi connectivity index (χ3v) is 4.28. The molecule has 2 heterocycles. The summed E-state index contributed by atoms with van der Waals surface area (Å²) >= 11 is 0. The van der Waals surface area contributed by atoms with E-state index in [0.29, 0.717) is 41.2 Å². The monoisotopic (exact) mass is 329 g/mol. The molecule has 0 fully saturated rings. The molecule has 0 aliphatic heterocycles. The molecule has 2 unspecified atom stereocenters. The van der Waals surface area contributed by atoms with E-state index in [4.69, 9.17) is 15.9 Å². The maximum Gasteiger partial charge on any atom is 0.392 e. The molecule has 3 rings (SSSR count). The Hall–Kier alpha value is -2.03. The van der Waals surface area contributed by atoms with Gasteiger partial charge in [-0.05, 0) is 25.8 Å². The highest BCUT2D eigenvalue weighted by Crippen LogP contribution is 2.47. The van der Waals surface area contributed by atoms with Crippen LogP contribution < -0.4 is 16.8 Å². The van der Waals surface area contributed by atoms with Gasteiger partial charge in [0, 0.05) is 18.5 Å². The summed E-state index contributed by atoms with van der Waals surface area (Å²) in [5, 5.41) is 2.84. The van der Waals surface area contributed by atoms with E-state index in [1.54, 1.807) is 7.05 Å². The highest BCUT2D eigenvalue weighted by atomic mass is 19.4. The molecule has 0 spiro atoms. The van der Waals surface area contributed by atoms with Crippen LogP contribution >= 0.6 is 0 Å². The molecule has 0 saturated heterocycles. The lowest BCUT2D eigenvalue weighted by Gasteiger charge is -2.29. The van der Waals surface area contributed by atoms with Gasteiger partial charge in [-0.1, -0.05) is 0 Å². The molecule has 0 bridgehead atoms. The Morgan fingerprint density at radius 2 is 2.09 bits per heavy atom. The quantitative estimate of drug-likeness (QED) is 0.799. The molecule has 0 saturated carbocycles. The van der Waals surface area contributed by atoms with Crippen LogP contribution in [0, 0.1) is 5.92 Å². The Morgan fingerprint density at radius 3 is 2.70 bits per heavy atom. The number of alkyl halides is 3. The van der Waals surface area contributed by atoms with Gasteiger partial charge in [0.1, 0.15) is 11.3 Å². The molecule has 5 N–H and O–H groups in total. The van der Waals surface area contributed by atoms with Gasteiger partial charge in [0.25, 0.3) is 0 Å². The maximum absolute atomic E-state index is 13.2.